The van der Waals surface area contributed by atoms with Gasteiger partial charge in [0.1, 0.15) is 6.04 Å². The predicted molar refractivity (Wildman–Crippen MR) is 224 cm³/mol. The summed E-state index contributed by atoms with van der Waals surface area (Å²) in [6.45, 7) is 8.49. The minimum absolute atomic E-state index is 0.0252. The number of carbonyl (C=O) groups is 5. The van der Waals surface area contributed by atoms with E-state index in [4.69, 9.17) is 0 Å². The van der Waals surface area contributed by atoms with Gasteiger partial charge in [0, 0.05) is 82.2 Å². The highest BCUT2D eigenvalue weighted by Crippen LogP contribution is 2.46. The number of nitrogens with one attached hydrogen (secondary N) is 3. The molecule has 300 valence electrons. The number of fused-ring (bicyclic) bond motifs is 5. The first-order valence-electron chi connectivity index (χ1n) is 20.7. The van der Waals surface area contributed by atoms with Gasteiger partial charge in [-0.15, -0.1) is 11.8 Å². The number of rotatable bonds is 12. The first kappa shape index (κ1) is 39.4. The first-order chi connectivity index (χ1) is 28.0. The number of hydrogen-bond donors (Lipinski definition) is 3. The van der Waals surface area contributed by atoms with Crippen molar-refractivity contribution in [2.75, 3.05) is 23.7 Å². The van der Waals surface area contributed by atoms with E-state index in [1.165, 1.54) is 0 Å². The fraction of sp³-hybridized carbons (Fsp3) is 0.435. The van der Waals surface area contributed by atoms with E-state index in [9.17, 15) is 29.2 Å². The molecule has 3 N–H and O–H groups in total. The second-order valence-corrected chi connectivity index (χ2v) is 17.7. The van der Waals surface area contributed by atoms with Crippen molar-refractivity contribution in [3.8, 4) is 6.07 Å². The van der Waals surface area contributed by atoms with Crippen molar-refractivity contribution in [3.63, 3.8) is 0 Å². The number of aryl methyl sites for hydroxylation is 1. The average molecular weight is 799 g/mol. The molecule has 2 fully saturated rings. The van der Waals surface area contributed by atoms with Crippen LogP contribution in [0.15, 0.2) is 53.4 Å². The maximum absolute atomic E-state index is 14.1. The quantitative estimate of drug-likeness (QED) is 0.0782. The highest BCUT2D eigenvalue weighted by molar-refractivity contribution is 7.99. The van der Waals surface area contributed by atoms with Crippen LogP contribution < -0.4 is 15.5 Å². The van der Waals surface area contributed by atoms with E-state index in [2.05, 4.69) is 59.5 Å². The second kappa shape index (κ2) is 16.1. The summed E-state index contributed by atoms with van der Waals surface area (Å²) in [5.74, 6) is 0.200. The summed E-state index contributed by atoms with van der Waals surface area (Å²) >= 11 is 1.73. The number of amides is 4. The largest absolute Gasteiger partial charge is 0.371 e. The van der Waals surface area contributed by atoms with Crippen LogP contribution in [0.3, 0.4) is 0 Å². The van der Waals surface area contributed by atoms with E-state index in [-0.39, 0.29) is 36.0 Å². The lowest BCUT2D eigenvalue weighted by molar-refractivity contribution is -0.137. The van der Waals surface area contributed by atoms with E-state index < -0.39 is 17.4 Å². The number of nitrogens with zero attached hydrogens (tertiary/aromatic N) is 3. The molecular weight excluding hydrogens is 749 g/mol. The fourth-order valence-electron chi connectivity index (χ4n) is 9.34. The van der Waals surface area contributed by atoms with Gasteiger partial charge in [-0.2, -0.15) is 5.26 Å². The molecule has 0 saturated carbocycles. The molecule has 0 spiro atoms. The number of hydrogen-bond acceptors (Lipinski definition) is 8. The van der Waals surface area contributed by atoms with Crippen LogP contribution in [0, 0.1) is 11.3 Å². The molecule has 1 aliphatic carbocycles. The number of benzene rings is 3. The van der Waals surface area contributed by atoms with Crippen molar-refractivity contribution >= 4 is 57.8 Å². The standard InChI is InChI=1S/C46H50N6O5S/c1-4-28-23-32-34(46(2,3)43-41(42(32)55)31-14-13-27(25-47)22-35(31)49-43)24-37(28)51-19-17-29(18-20-51)48-39(53)12-7-5-6-8-21-58-38-11-9-10-30-33(38)26-52(45(30)57)36-15-16-40(54)50-44(36)56/h9-11,13-14,22-24,29,36,49H,4-8,12,15-21,26H2,1-3H3,(H,48,53)(H,50,54,56). The number of aromatic nitrogens is 1. The van der Waals surface area contributed by atoms with E-state index in [0.717, 1.165) is 113 Å². The molecule has 4 aromatic rings. The highest BCUT2D eigenvalue weighted by Gasteiger charge is 2.42. The summed E-state index contributed by atoms with van der Waals surface area (Å²) in [4.78, 5) is 72.8. The lowest BCUT2D eigenvalue weighted by atomic mass is 9.70. The summed E-state index contributed by atoms with van der Waals surface area (Å²) < 4.78 is 0. The number of carbonyl (C=O) groups excluding carboxylic acids is 5. The zero-order chi connectivity index (χ0) is 40.7. The van der Waals surface area contributed by atoms with Crippen molar-refractivity contribution in [3.05, 3.63) is 93.2 Å². The van der Waals surface area contributed by atoms with E-state index in [1.807, 2.05) is 30.3 Å². The maximum Gasteiger partial charge on any atom is 0.255 e. The molecule has 12 heteroatoms. The summed E-state index contributed by atoms with van der Waals surface area (Å²) in [5.41, 5.74) is 8.19. The first-order valence-corrected chi connectivity index (χ1v) is 21.7. The molecule has 11 nitrogen and oxygen atoms in total. The third-order valence-corrected chi connectivity index (χ3v) is 13.8. The normalized spacial score (nSPS) is 18.8. The molecule has 0 bridgehead atoms. The molecule has 3 aromatic carbocycles. The van der Waals surface area contributed by atoms with E-state index >= 15 is 0 Å². The molecule has 4 aliphatic rings. The van der Waals surface area contributed by atoms with Crippen molar-refractivity contribution in [1.82, 2.24) is 20.5 Å². The topological polar surface area (TPSA) is 155 Å². The molecule has 58 heavy (non-hydrogen) atoms. The van der Waals surface area contributed by atoms with Crippen LogP contribution in [0.4, 0.5) is 5.69 Å². The summed E-state index contributed by atoms with van der Waals surface area (Å²) in [5, 5.41) is 16.0. The summed E-state index contributed by atoms with van der Waals surface area (Å²) in [6.07, 6.45) is 7.46. The lowest BCUT2D eigenvalue weighted by Crippen LogP contribution is -2.52. The monoisotopic (exact) mass is 798 g/mol. The molecule has 1 atom stereocenters. The summed E-state index contributed by atoms with van der Waals surface area (Å²) in [7, 11) is 0. The Morgan fingerprint density at radius 3 is 2.53 bits per heavy atom. The summed E-state index contributed by atoms with van der Waals surface area (Å²) in [6, 6.07) is 17.3. The molecule has 4 heterocycles. The molecule has 1 unspecified atom stereocenters. The zero-order valence-corrected chi connectivity index (χ0v) is 34.3. The third-order valence-electron chi connectivity index (χ3n) is 12.6. The van der Waals surface area contributed by atoms with Gasteiger partial charge in [0.05, 0.1) is 17.2 Å². The molecular formula is C46H50N6O5S. The number of thioether (sulfide) groups is 1. The van der Waals surface area contributed by atoms with Crippen molar-refractivity contribution in [2.45, 2.75) is 114 Å². The van der Waals surface area contributed by atoms with Gasteiger partial charge in [0.15, 0.2) is 5.78 Å². The Kier molecular flexibility index (Phi) is 10.9. The highest BCUT2D eigenvalue weighted by atomic mass is 32.2. The smallest absolute Gasteiger partial charge is 0.255 e. The Morgan fingerprint density at radius 2 is 1.78 bits per heavy atom. The van der Waals surface area contributed by atoms with Crippen LogP contribution in [0.25, 0.3) is 10.9 Å². The molecule has 1 aromatic heterocycles. The Hall–Kier alpha value is -5.41. The van der Waals surface area contributed by atoms with Gasteiger partial charge in [-0.1, -0.05) is 45.7 Å². The van der Waals surface area contributed by atoms with E-state index in [1.54, 1.807) is 22.7 Å². The van der Waals surface area contributed by atoms with Gasteiger partial charge in [0.2, 0.25) is 17.7 Å². The van der Waals surface area contributed by atoms with Crippen molar-refractivity contribution < 1.29 is 24.0 Å². The maximum atomic E-state index is 14.1. The second-order valence-electron chi connectivity index (χ2n) is 16.6. The minimum atomic E-state index is -0.615. The van der Waals surface area contributed by atoms with Gasteiger partial charge in [0.25, 0.3) is 5.91 Å². The van der Waals surface area contributed by atoms with Gasteiger partial charge in [-0.05, 0) is 97.4 Å². The number of H-pyrrole nitrogens is 1. The molecule has 4 amide bonds. The molecule has 2 saturated heterocycles. The number of anilines is 1. The van der Waals surface area contributed by atoms with Crippen LogP contribution in [0.5, 0.6) is 0 Å². The van der Waals surface area contributed by atoms with Crippen LogP contribution in [-0.4, -0.2) is 70.2 Å². The van der Waals surface area contributed by atoms with Crippen molar-refractivity contribution in [2.24, 2.45) is 0 Å². The fourth-order valence-corrected chi connectivity index (χ4v) is 10.4. The SMILES string of the molecule is CCc1cc2c(cc1N1CCC(NC(=O)CCCCCCSc3cccc4c3CN(C3CCC(=O)NC3=O)C4=O)CC1)C(C)(C)c1[nH]c3cc(C#N)ccc3c1C2=O. The van der Waals surface area contributed by atoms with Gasteiger partial charge in [-0.3, -0.25) is 29.3 Å². The van der Waals surface area contributed by atoms with Crippen LogP contribution in [0.2, 0.25) is 0 Å². The third kappa shape index (κ3) is 7.30. The van der Waals surface area contributed by atoms with Crippen LogP contribution in [0.1, 0.15) is 133 Å². The molecule has 3 aliphatic heterocycles. The lowest BCUT2D eigenvalue weighted by Gasteiger charge is -2.38. The predicted octanol–water partition coefficient (Wildman–Crippen LogP) is 7.06. The number of nitriles is 1. The Labute approximate surface area is 343 Å². The number of aromatic amines is 1. The van der Waals surface area contributed by atoms with Gasteiger partial charge >= 0.3 is 0 Å². The van der Waals surface area contributed by atoms with Crippen LogP contribution in [-0.2, 0) is 32.8 Å². The number of ketones is 1. The number of imide groups is 1. The average Bonchev–Trinajstić information content (AvgIpc) is 3.78. The molecule has 8 rings (SSSR count). The number of piperidine rings is 2. The number of unbranched alkanes of at least 4 members (excludes halogenated alkanes) is 3. The minimum Gasteiger partial charge on any atom is -0.371 e. The Balaban J connectivity index is 0.791. The Bertz CT molecular complexity index is 2390. The Morgan fingerprint density at radius 1 is 0.983 bits per heavy atom. The zero-order valence-electron chi connectivity index (χ0n) is 33.5. The van der Waals surface area contributed by atoms with Crippen molar-refractivity contribution in [1.29, 1.82) is 5.26 Å². The van der Waals surface area contributed by atoms with Crippen LogP contribution >= 0.6 is 11.8 Å². The van der Waals surface area contributed by atoms with Gasteiger partial charge in [-0.25, -0.2) is 0 Å². The van der Waals surface area contributed by atoms with Gasteiger partial charge < -0.3 is 20.1 Å². The molecule has 0 radical (unpaired) electrons. The van der Waals surface area contributed by atoms with E-state index in [0.29, 0.717) is 36.1 Å².